The minimum Gasteiger partial charge on any atom is -0.402 e. The predicted molar refractivity (Wildman–Crippen MR) is 48.9 cm³/mol. The molecule has 4 heteroatoms. The van der Waals surface area contributed by atoms with Gasteiger partial charge in [0.25, 0.3) is 0 Å². The van der Waals surface area contributed by atoms with E-state index >= 15 is 0 Å². The van der Waals surface area contributed by atoms with Gasteiger partial charge in [-0.2, -0.15) is 5.26 Å². The number of nitriles is 1. The molecule has 0 radical (unpaired) electrons. The molecule has 0 heterocycles. The summed E-state index contributed by atoms with van der Waals surface area (Å²) in [7, 11) is -1.51. The maximum Gasteiger partial charge on any atom is 0.185 e. The molecule has 0 saturated heterocycles. The summed E-state index contributed by atoms with van der Waals surface area (Å²) in [6, 6.07) is 2.04. The van der Waals surface area contributed by atoms with Crippen molar-refractivity contribution in [3.63, 3.8) is 0 Å². The molecule has 0 aromatic carbocycles. The van der Waals surface area contributed by atoms with Gasteiger partial charge in [0.1, 0.15) is 5.56 Å². The van der Waals surface area contributed by atoms with Gasteiger partial charge in [-0.3, -0.25) is 0 Å². The summed E-state index contributed by atoms with van der Waals surface area (Å²) in [6.07, 6.45) is 1.10. The fourth-order valence-electron chi connectivity index (χ4n) is 0.621. The molecule has 0 aromatic heterocycles. The first-order valence-corrected chi connectivity index (χ1v) is 7.49. The van der Waals surface area contributed by atoms with E-state index in [-0.39, 0.29) is 5.56 Å². The first kappa shape index (κ1) is 11.0. The second kappa shape index (κ2) is 4.76. The van der Waals surface area contributed by atoms with Gasteiger partial charge >= 0.3 is 0 Å². The second-order valence-corrected chi connectivity index (χ2v) is 8.28. The van der Waals surface area contributed by atoms with Crippen molar-refractivity contribution in [3.05, 3.63) is 0 Å². The first-order chi connectivity index (χ1) is 4.95. The van der Waals surface area contributed by atoms with Crippen LogP contribution < -0.4 is 0 Å². The van der Waals surface area contributed by atoms with E-state index in [1.807, 2.05) is 6.07 Å². The van der Waals surface area contributed by atoms with Gasteiger partial charge in [0, 0.05) is 6.42 Å². The average molecular weight is 192 g/mol. The van der Waals surface area contributed by atoms with Crippen LogP contribution in [0.1, 0.15) is 12.8 Å². The molecule has 0 amide bonds. The summed E-state index contributed by atoms with van der Waals surface area (Å²) >= 11 is 5.81. The minimum absolute atomic E-state index is 0.277. The quantitative estimate of drug-likeness (QED) is 0.506. The number of hydrogen-bond donors (Lipinski definition) is 0. The second-order valence-electron chi connectivity index (χ2n) is 3.34. The van der Waals surface area contributed by atoms with Crippen molar-refractivity contribution in [1.82, 2.24) is 0 Å². The van der Waals surface area contributed by atoms with Crippen LogP contribution in [-0.4, -0.2) is 13.9 Å². The lowest BCUT2D eigenvalue weighted by molar-refractivity contribution is 0.265. The normalized spacial score (nSPS) is 14.1. The molecule has 0 fully saturated rings. The van der Waals surface area contributed by atoms with Crippen LogP contribution in [0.25, 0.3) is 0 Å². The van der Waals surface area contributed by atoms with Crippen LogP contribution in [0.3, 0.4) is 0 Å². The predicted octanol–water partition coefficient (Wildman–Crippen LogP) is 2.71. The van der Waals surface area contributed by atoms with E-state index in [1.54, 1.807) is 0 Å². The van der Waals surface area contributed by atoms with Crippen molar-refractivity contribution in [2.45, 2.75) is 38.0 Å². The van der Waals surface area contributed by atoms with E-state index < -0.39 is 8.32 Å². The molecule has 0 aliphatic carbocycles. The molecule has 1 atom stereocenters. The molecule has 0 aromatic rings. The Bertz CT molecular complexity index is 150. The summed E-state index contributed by atoms with van der Waals surface area (Å²) in [6.45, 7) is 6.23. The standard InChI is InChI=1S/C7H14ClNOSi/c1-11(2,3)10-7(8)5-4-6-9/h7H,4-5H2,1-3H3. The summed E-state index contributed by atoms with van der Waals surface area (Å²) in [5.74, 6) is 0. The Morgan fingerprint density at radius 3 is 2.45 bits per heavy atom. The van der Waals surface area contributed by atoms with E-state index in [0.29, 0.717) is 12.8 Å². The van der Waals surface area contributed by atoms with Gasteiger partial charge in [-0.1, -0.05) is 11.6 Å². The van der Waals surface area contributed by atoms with Crippen molar-refractivity contribution in [2.24, 2.45) is 0 Å². The Morgan fingerprint density at radius 1 is 1.55 bits per heavy atom. The summed E-state index contributed by atoms with van der Waals surface area (Å²) in [5.41, 5.74) is -0.277. The van der Waals surface area contributed by atoms with Gasteiger partial charge in [-0.15, -0.1) is 0 Å². The number of nitrogens with zero attached hydrogens (tertiary/aromatic N) is 1. The highest BCUT2D eigenvalue weighted by Gasteiger charge is 2.18. The third-order valence-corrected chi connectivity index (χ3v) is 2.41. The molecule has 0 rings (SSSR count). The molecule has 64 valence electrons. The number of rotatable bonds is 4. The van der Waals surface area contributed by atoms with Gasteiger partial charge in [0.15, 0.2) is 8.32 Å². The highest BCUT2D eigenvalue weighted by molar-refractivity contribution is 6.70. The van der Waals surface area contributed by atoms with E-state index in [2.05, 4.69) is 19.6 Å². The first-order valence-electron chi connectivity index (χ1n) is 3.64. The van der Waals surface area contributed by atoms with E-state index in [4.69, 9.17) is 21.3 Å². The zero-order chi connectivity index (χ0) is 8.91. The molecular weight excluding hydrogens is 178 g/mol. The summed E-state index contributed by atoms with van der Waals surface area (Å²) < 4.78 is 5.49. The smallest absolute Gasteiger partial charge is 0.185 e. The van der Waals surface area contributed by atoms with E-state index in [0.717, 1.165) is 0 Å². The summed E-state index contributed by atoms with van der Waals surface area (Å²) in [5, 5.41) is 8.26. The van der Waals surface area contributed by atoms with Crippen LogP contribution in [-0.2, 0) is 4.43 Å². The molecule has 0 aliphatic rings. The Kier molecular flexibility index (Phi) is 4.74. The molecule has 0 spiro atoms. The third-order valence-electron chi connectivity index (χ3n) is 0.965. The zero-order valence-corrected chi connectivity index (χ0v) is 8.98. The van der Waals surface area contributed by atoms with Crippen LogP contribution in [0.5, 0.6) is 0 Å². The maximum atomic E-state index is 8.26. The molecule has 2 nitrogen and oxygen atoms in total. The molecule has 0 bridgehead atoms. The van der Waals surface area contributed by atoms with Gasteiger partial charge in [0.2, 0.25) is 0 Å². The highest BCUT2D eigenvalue weighted by Crippen LogP contribution is 2.14. The molecule has 0 saturated carbocycles. The van der Waals surface area contributed by atoms with E-state index in [9.17, 15) is 0 Å². The Morgan fingerprint density at radius 2 is 2.09 bits per heavy atom. The SMILES string of the molecule is C[Si](C)(C)OC(Cl)CCC#N. The van der Waals surface area contributed by atoms with Crippen molar-refractivity contribution in [3.8, 4) is 6.07 Å². The molecule has 0 aliphatic heterocycles. The van der Waals surface area contributed by atoms with Crippen LogP contribution in [0.4, 0.5) is 0 Å². The van der Waals surface area contributed by atoms with Gasteiger partial charge in [-0.05, 0) is 26.1 Å². The lowest BCUT2D eigenvalue weighted by Gasteiger charge is -2.20. The Labute approximate surface area is 74.2 Å². The molecule has 11 heavy (non-hydrogen) atoms. The lowest BCUT2D eigenvalue weighted by Crippen LogP contribution is -2.29. The van der Waals surface area contributed by atoms with Crippen LogP contribution in [0, 0.1) is 11.3 Å². The van der Waals surface area contributed by atoms with Gasteiger partial charge in [-0.25, -0.2) is 0 Å². The number of alkyl halides is 1. The van der Waals surface area contributed by atoms with Crippen molar-refractivity contribution in [1.29, 1.82) is 5.26 Å². The van der Waals surface area contributed by atoms with E-state index in [1.165, 1.54) is 0 Å². The zero-order valence-electron chi connectivity index (χ0n) is 7.22. The van der Waals surface area contributed by atoms with Crippen molar-refractivity contribution >= 4 is 19.9 Å². The van der Waals surface area contributed by atoms with Crippen molar-refractivity contribution < 1.29 is 4.43 Å². The molecule has 1 unspecified atom stereocenters. The maximum absolute atomic E-state index is 8.26. The summed E-state index contributed by atoms with van der Waals surface area (Å²) in [4.78, 5) is 0. The third kappa shape index (κ3) is 7.86. The highest BCUT2D eigenvalue weighted by atomic mass is 35.5. The van der Waals surface area contributed by atoms with Gasteiger partial charge < -0.3 is 4.43 Å². The van der Waals surface area contributed by atoms with Crippen LogP contribution in [0.15, 0.2) is 0 Å². The monoisotopic (exact) mass is 191 g/mol. The topological polar surface area (TPSA) is 33.0 Å². The van der Waals surface area contributed by atoms with Crippen LogP contribution >= 0.6 is 11.6 Å². The Balaban J connectivity index is 3.54. The number of hydrogen-bond acceptors (Lipinski definition) is 2. The Hall–Kier alpha value is -0.0431. The average Bonchev–Trinajstić information content (AvgIpc) is 1.79. The molecule has 0 N–H and O–H groups in total. The molecular formula is C7H14ClNOSi. The largest absolute Gasteiger partial charge is 0.402 e. The fourth-order valence-corrected chi connectivity index (χ4v) is 2.42. The van der Waals surface area contributed by atoms with Crippen LogP contribution in [0.2, 0.25) is 19.6 Å². The van der Waals surface area contributed by atoms with Gasteiger partial charge in [0.05, 0.1) is 6.07 Å². The number of halogens is 1. The minimum atomic E-state index is -1.51. The van der Waals surface area contributed by atoms with Crippen molar-refractivity contribution in [2.75, 3.05) is 0 Å². The lowest BCUT2D eigenvalue weighted by atomic mass is 10.3. The fraction of sp³-hybridized carbons (Fsp3) is 0.857.